The van der Waals surface area contributed by atoms with Crippen molar-refractivity contribution in [2.24, 2.45) is 0 Å². The van der Waals surface area contributed by atoms with Gasteiger partial charge in [-0.3, -0.25) is 4.79 Å². The largest absolute Gasteiger partial charge is 0.508 e. The van der Waals surface area contributed by atoms with E-state index in [-0.39, 0.29) is 11.5 Å². The molecule has 0 amide bonds. The van der Waals surface area contributed by atoms with Crippen LogP contribution in [0.25, 0.3) is 16.6 Å². The molecule has 1 aromatic heterocycles. The summed E-state index contributed by atoms with van der Waals surface area (Å²) in [6, 6.07) is 10.6. The minimum Gasteiger partial charge on any atom is -0.508 e. The predicted octanol–water partition coefficient (Wildman–Crippen LogP) is 4.17. The molecule has 122 valence electrons. The molecule has 0 fully saturated rings. The number of hydrogen-bond acceptors (Lipinski definition) is 5. The lowest BCUT2D eigenvalue weighted by Gasteiger charge is -2.08. The lowest BCUT2D eigenvalue weighted by molar-refractivity contribution is 0.0983. The summed E-state index contributed by atoms with van der Waals surface area (Å²) in [4.78, 5) is 12.2. The van der Waals surface area contributed by atoms with E-state index in [2.05, 4.69) is 16.9 Å². The van der Waals surface area contributed by atoms with E-state index in [1.807, 2.05) is 25.1 Å². The van der Waals surface area contributed by atoms with Gasteiger partial charge in [-0.15, -0.1) is 0 Å². The number of phenolic OH excluding ortho intramolecular Hbond substituents is 1. The molecule has 3 aromatic rings. The number of carbonyl (C=O) groups is 1. The highest BCUT2D eigenvalue weighted by Gasteiger charge is 2.17. The zero-order chi connectivity index (χ0) is 17.1. The van der Waals surface area contributed by atoms with Crippen molar-refractivity contribution in [1.29, 1.82) is 0 Å². The van der Waals surface area contributed by atoms with Gasteiger partial charge in [-0.25, -0.2) is 4.63 Å². The van der Waals surface area contributed by atoms with Crippen molar-refractivity contribution in [2.75, 3.05) is 0 Å². The van der Waals surface area contributed by atoms with Crippen molar-refractivity contribution >= 4 is 22.4 Å². The highest BCUT2D eigenvalue weighted by atomic mass is 16.6. The number of Topliss-reactive ketones (excluding diaryl/α,β-unsaturated/α-hetero) is 1. The first-order valence-electron chi connectivity index (χ1n) is 7.84. The summed E-state index contributed by atoms with van der Waals surface area (Å²) in [7, 11) is 0. The van der Waals surface area contributed by atoms with Gasteiger partial charge in [0.15, 0.2) is 5.78 Å². The average Bonchev–Trinajstić information content (AvgIpc) is 3.05. The smallest absolute Gasteiger partial charge is 0.165 e. The lowest BCUT2D eigenvalue weighted by Crippen LogP contribution is -2.01. The molecular formula is C19H18N2O3. The molecule has 0 radical (unpaired) electrons. The van der Waals surface area contributed by atoms with Crippen LogP contribution < -0.4 is 0 Å². The monoisotopic (exact) mass is 322 g/mol. The van der Waals surface area contributed by atoms with Crippen LogP contribution in [-0.2, 0) is 6.42 Å². The van der Waals surface area contributed by atoms with Gasteiger partial charge in [-0.05, 0) is 52.5 Å². The van der Waals surface area contributed by atoms with Gasteiger partial charge >= 0.3 is 0 Å². The fourth-order valence-corrected chi connectivity index (χ4v) is 2.69. The molecule has 3 rings (SSSR count). The van der Waals surface area contributed by atoms with Crippen molar-refractivity contribution in [2.45, 2.75) is 26.2 Å². The molecule has 0 aliphatic rings. The van der Waals surface area contributed by atoms with Crippen LogP contribution in [0.3, 0.4) is 0 Å². The van der Waals surface area contributed by atoms with Crippen LogP contribution in [0, 0.1) is 0 Å². The molecule has 0 unspecified atom stereocenters. The third-order valence-electron chi connectivity index (χ3n) is 3.93. The van der Waals surface area contributed by atoms with E-state index in [0.717, 1.165) is 23.1 Å². The van der Waals surface area contributed by atoms with Gasteiger partial charge in [-0.2, -0.15) is 0 Å². The van der Waals surface area contributed by atoms with Gasteiger partial charge in [0, 0.05) is 17.5 Å². The molecule has 5 nitrogen and oxygen atoms in total. The van der Waals surface area contributed by atoms with Gasteiger partial charge < -0.3 is 5.11 Å². The number of phenols is 1. The molecule has 2 aromatic carbocycles. The minimum absolute atomic E-state index is 0.0360. The van der Waals surface area contributed by atoms with Crippen LogP contribution >= 0.6 is 0 Å². The standard InChI is InChI=1S/C19H18N2O3/c1-3-4-17(23)16-10-9-15(18-19(16)21-24-20-18)12(2)11-13-5-7-14(22)8-6-13/h5-10,22H,2-4,11H2,1H3. The first kappa shape index (κ1) is 15.9. The first-order valence-corrected chi connectivity index (χ1v) is 7.84. The minimum atomic E-state index is 0.0360. The highest BCUT2D eigenvalue weighted by molar-refractivity contribution is 6.07. The van der Waals surface area contributed by atoms with E-state index >= 15 is 0 Å². The molecule has 1 N–H and O–H groups in total. The zero-order valence-corrected chi connectivity index (χ0v) is 13.5. The van der Waals surface area contributed by atoms with E-state index in [1.54, 1.807) is 18.2 Å². The maximum Gasteiger partial charge on any atom is 0.165 e. The molecule has 0 saturated carbocycles. The van der Waals surface area contributed by atoms with Gasteiger partial charge in [0.1, 0.15) is 16.8 Å². The molecule has 0 saturated heterocycles. The van der Waals surface area contributed by atoms with Crippen molar-refractivity contribution in [3.05, 3.63) is 59.7 Å². The van der Waals surface area contributed by atoms with E-state index in [4.69, 9.17) is 4.63 Å². The number of carbonyl (C=O) groups excluding carboxylic acids is 1. The molecule has 5 heteroatoms. The summed E-state index contributed by atoms with van der Waals surface area (Å²) >= 11 is 0. The number of aromatic nitrogens is 2. The Labute approximate surface area is 139 Å². The predicted molar refractivity (Wildman–Crippen MR) is 91.9 cm³/mol. The Kier molecular flexibility index (Phi) is 4.42. The molecule has 0 spiro atoms. The Balaban J connectivity index is 1.94. The van der Waals surface area contributed by atoms with Gasteiger partial charge in [0.25, 0.3) is 0 Å². The molecular weight excluding hydrogens is 304 g/mol. The van der Waals surface area contributed by atoms with Crippen molar-refractivity contribution in [3.8, 4) is 5.75 Å². The molecule has 1 heterocycles. The van der Waals surface area contributed by atoms with E-state index in [9.17, 15) is 9.90 Å². The zero-order valence-electron chi connectivity index (χ0n) is 13.5. The molecule has 24 heavy (non-hydrogen) atoms. The van der Waals surface area contributed by atoms with E-state index in [0.29, 0.717) is 29.4 Å². The van der Waals surface area contributed by atoms with Crippen LogP contribution in [0.5, 0.6) is 5.75 Å². The Morgan fingerprint density at radius 2 is 1.71 bits per heavy atom. The molecule has 0 aliphatic carbocycles. The van der Waals surface area contributed by atoms with Gasteiger partial charge in [-0.1, -0.05) is 31.7 Å². The molecule has 0 bridgehead atoms. The number of nitrogens with zero attached hydrogens (tertiary/aromatic N) is 2. The second kappa shape index (κ2) is 6.66. The summed E-state index contributed by atoms with van der Waals surface area (Å²) < 4.78 is 4.86. The highest BCUT2D eigenvalue weighted by Crippen LogP contribution is 2.28. The normalized spacial score (nSPS) is 10.9. The summed E-state index contributed by atoms with van der Waals surface area (Å²) in [5.74, 6) is 0.264. The van der Waals surface area contributed by atoms with Crippen molar-refractivity contribution < 1.29 is 14.5 Å². The van der Waals surface area contributed by atoms with Crippen LogP contribution in [0.1, 0.15) is 41.3 Å². The van der Waals surface area contributed by atoms with E-state index in [1.165, 1.54) is 0 Å². The topological polar surface area (TPSA) is 76.2 Å². The number of allylic oxidation sites excluding steroid dienone is 1. The number of rotatable bonds is 6. The van der Waals surface area contributed by atoms with Crippen LogP contribution in [0.2, 0.25) is 0 Å². The second-order valence-electron chi connectivity index (χ2n) is 5.74. The van der Waals surface area contributed by atoms with Crippen LogP contribution in [0.15, 0.2) is 47.6 Å². The second-order valence-corrected chi connectivity index (χ2v) is 5.74. The molecule has 0 atom stereocenters. The Morgan fingerprint density at radius 3 is 2.38 bits per heavy atom. The number of fused-ring (bicyclic) bond motifs is 1. The first-order chi connectivity index (χ1) is 11.6. The average molecular weight is 322 g/mol. The third-order valence-corrected chi connectivity index (χ3v) is 3.93. The number of ketones is 1. The Bertz CT molecular complexity index is 895. The maximum atomic E-state index is 12.2. The Morgan fingerprint density at radius 1 is 1.08 bits per heavy atom. The quantitative estimate of drug-likeness (QED) is 0.689. The SMILES string of the molecule is C=C(Cc1ccc(O)cc1)c1ccc(C(=O)CCC)c2nonc12. The van der Waals surface area contributed by atoms with Crippen LogP contribution in [0.4, 0.5) is 0 Å². The number of aromatic hydroxyl groups is 1. The Hall–Kier alpha value is -2.95. The van der Waals surface area contributed by atoms with Crippen LogP contribution in [-0.4, -0.2) is 21.2 Å². The fourth-order valence-electron chi connectivity index (χ4n) is 2.69. The summed E-state index contributed by atoms with van der Waals surface area (Å²) in [5.41, 5.74) is 4.25. The van der Waals surface area contributed by atoms with Crippen molar-refractivity contribution in [1.82, 2.24) is 10.3 Å². The maximum absolute atomic E-state index is 12.2. The summed E-state index contributed by atoms with van der Waals surface area (Å²) in [5, 5.41) is 17.2. The summed E-state index contributed by atoms with van der Waals surface area (Å²) in [6.07, 6.45) is 1.85. The lowest BCUT2D eigenvalue weighted by atomic mass is 9.95. The van der Waals surface area contributed by atoms with Gasteiger partial charge in [0.2, 0.25) is 0 Å². The van der Waals surface area contributed by atoms with Gasteiger partial charge in [0.05, 0.1) is 0 Å². The molecule has 0 aliphatic heterocycles. The third kappa shape index (κ3) is 3.06. The fraction of sp³-hybridized carbons (Fsp3) is 0.211. The number of benzene rings is 2. The van der Waals surface area contributed by atoms with Crippen molar-refractivity contribution in [3.63, 3.8) is 0 Å². The summed E-state index contributed by atoms with van der Waals surface area (Å²) in [6.45, 7) is 6.09. The number of hydrogen-bond donors (Lipinski definition) is 1. The van der Waals surface area contributed by atoms with E-state index < -0.39 is 0 Å².